The zero-order valence-electron chi connectivity index (χ0n) is 13.7. The molecule has 0 saturated heterocycles. The molecule has 0 spiro atoms. The summed E-state index contributed by atoms with van der Waals surface area (Å²) in [5, 5.41) is 20.7. The van der Waals surface area contributed by atoms with Crippen molar-refractivity contribution in [3.63, 3.8) is 0 Å². The number of benzene rings is 2. The third-order valence-electron chi connectivity index (χ3n) is 3.54. The number of para-hydroxylation sites is 2. The van der Waals surface area contributed by atoms with Crippen LogP contribution < -0.4 is 9.75 Å². The maximum atomic E-state index is 5.68. The van der Waals surface area contributed by atoms with E-state index in [1.807, 2.05) is 60.7 Å². The lowest BCUT2D eigenvalue weighted by atomic mass is 10.3. The Morgan fingerprint density at radius 1 is 0.923 bits per heavy atom. The summed E-state index contributed by atoms with van der Waals surface area (Å²) in [6.45, 7) is 0.520. The van der Waals surface area contributed by atoms with Gasteiger partial charge in [-0.15, -0.1) is 0 Å². The van der Waals surface area contributed by atoms with Gasteiger partial charge < -0.3 is 19.9 Å². The van der Waals surface area contributed by atoms with Crippen molar-refractivity contribution in [3.05, 3.63) is 66.1 Å². The second kappa shape index (κ2) is 7.57. The number of aromatic nitrogens is 4. The molecule has 132 valence electrons. The van der Waals surface area contributed by atoms with E-state index in [4.69, 9.17) is 9.47 Å². The Labute approximate surface area is 149 Å². The summed E-state index contributed by atoms with van der Waals surface area (Å²) in [7, 11) is 0. The van der Waals surface area contributed by atoms with Gasteiger partial charge in [-0.3, -0.25) is 10.4 Å². The number of ether oxygens (including phenoxy) is 2. The molecule has 1 atom stereocenters. The monoisotopic (exact) mass is 351 g/mol. The van der Waals surface area contributed by atoms with Gasteiger partial charge in [-0.05, 0) is 34.7 Å². The van der Waals surface area contributed by atoms with E-state index in [0.717, 1.165) is 11.4 Å². The first-order chi connectivity index (χ1) is 12.9. The zero-order chi connectivity index (χ0) is 17.6. The van der Waals surface area contributed by atoms with Crippen molar-refractivity contribution in [3.8, 4) is 11.7 Å². The number of hydrogen-bond acceptors (Lipinski definition) is 8. The second-order valence-electron chi connectivity index (χ2n) is 5.23. The number of tetrazole rings is 1. The Kier molecular flexibility index (Phi) is 4.65. The molecular weight excluding hydrogens is 336 g/mol. The standard InChI is InChI=1S/C16H15N8O2/c1-3-7-13(8-4-1)23-15(17-19-21-23)25-11-12-26-16-18-20-22-24(16)14-9-5-2-6-10-14/h1-10,15H,11-12H2/q-1. The molecule has 0 N–H and O–H groups in total. The first-order valence-corrected chi connectivity index (χ1v) is 7.95. The predicted molar refractivity (Wildman–Crippen MR) is 91.5 cm³/mol. The molecule has 1 unspecified atom stereocenters. The molecule has 0 radical (unpaired) electrons. The van der Waals surface area contributed by atoms with Crippen LogP contribution in [0, 0.1) is 0 Å². The van der Waals surface area contributed by atoms with E-state index in [1.165, 1.54) is 4.68 Å². The van der Waals surface area contributed by atoms with Gasteiger partial charge in [0.1, 0.15) is 6.61 Å². The van der Waals surface area contributed by atoms with E-state index < -0.39 is 6.35 Å². The molecule has 26 heavy (non-hydrogen) atoms. The highest BCUT2D eigenvalue weighted by Crippen LogP contribution is 2.26. The van der Waals surface area contributed by atoms with E-state index in [-0.39, 0.29) is 19.2 Å². The Morgan fingerprint density at radius 3 is 2.42 bits per heavy atom. The van der Waals surface area contributed by atoms with Crippen LogP contribution in [0.4, 0.5) is 5.69 Å². The molecule has 4 rings (SSSR count). The molecule has 0 aliphatic carbocycles. The third kappa shape index (κ3) is 3.44. The van der Waals surface area contributed by atoms with Crippen LogP contribution in [0.3, 0.4) is 0 Å². The van der Waals surface area contributed by atoms with Gasteiger partial charge in [-0.1, -0.05) is 41.5 Å². The smallest absolute Gasteiger partial charge is 0.340 e. The van der Waals surface area contributed by atoms with Crippen LogP contribution in [0.15, 0.2) is 71.1 Å². The molecule has 2 heterocycles. The van der Waals surface area contributed by atoms with Crippen LogP contribution >= 0.6 is 0 Å². The van der Waals surface area contributed by atoms with Gasteiger partial charge in [0.05, 0.1) is 12.3 Å². The number of hydrogen-bond donors (Lipinski definition) is 0. The predicted octanol–water partition coefficient (Wildman–Crippen LogP) is 2.52. The topological polar surface area (TPSA) is 104 Å². The van der Waals surface area contributed by atoms with Crippen molar-refractivity contribution < 1.29 is 9.47 Å². The summed E-state index contributed by atoms with van der Waals surface area (Å²) in [5.41, 5.74) is 5.61. The molecule has 10 heteroatoms. The maximum absolute atomic E-state index is 5.68. The summed E-state index contributed by atoms with van der Waals surface area (Å²) in [4.78, 5) is 0. The van der Waals surface area contributed by atoms with Crippen molar-refractivity contribution in [1.29, 1.82) is 0 Å². The quantitative estimate of drug-likeness (QED) is 0.606. The Hall–Kier alpha value is -3.53. The van der Waals surface area contributed by atoms with Gasteiger partial charge in [0.2, 0.25) is 0 Å². The van der Waals surface area contributed by atoms with Crippen molar-refractivity contribution >= 4 is 5.69 Å². The highest BCUT2D eigenvalue weighted by atomic mass is 16.6. The molecule has 3 aromatic rings. The van der Waals surface area contributed by atoms with Crippen LogP contribution in [-0.4, -0.2) is 39.8 Å². The van der Waals surface area contributed by atoms with Crippen LogP contribution in [0.1, 0.15) is 0 Å². The molecule has 1 aromatic heterocycles. The summed E-state index contributed by atoms with van der Waals surface area (Å²) in [6, 6.07) is 19.3. The summed E-state index contributed by atoms with van der Waals surface area (Å²) >= 11 is 0. The molecule has 2 aromatic carbocycles. The van der Waals surface area contributed by atoms with E-state index in [0.29, 0.717) is 0 Å². The number of nitrogens with zero attached hydrogens (tertiary/aromatic N) is 8. The van der Waals surface area contributed by atoms with Crippen molar-refractivity contribution in [2.75, 3.05) is 18.2 Å². The van der Waals surface area contributed by atoms with Crippen molar-refractivity contribution in [2.45, 2.75) is 6.35 Å². The minimum atomic E-state index is -0.619. The lowest BCUT2D eigenvalue weighted by molar-refractivity contribution is 0.0548. The molecule has 0 fully saturated rings. The largest absolute Gasteiger partial charge is 0.460 e. The summed E-state index contributed by atoms with van der Waals surface area (Å²) in [5.74, 6) is 0. The normalized spacial score (nSPS) is 15.8. The average molecular weight is 351 g/mol. The average Bonchev–Trinajstić information content (AvgIpc) is 3.36. The first-order valence-electron chi connectivity index (χ1n) is 7.95. The minimum Gasteiger partial charge on any atom is -0.460 e. The zero-order valence-corrected chi connectivity index (χ0v) is 13.7. The van der Waals surface area contributed by atoms with E-state index >= 15 is 0 Å². The van der Waals surface area contributed by atoms with Gasteiger partial charge in [-0.2, -0.15) is 4.68 Å². The maximum Gasteiger partial charge on any atom is 0.340 e. The Balaban J connectivity index is 1.31. The van der Waals surface area contributed by atoms with Gasteiger partial charge in [0, 0.05) is 5.69 Å². The summed E-state index contributed by atoms with van der Waals surface area (Å²) < 4.78 is 12.8. The highest BCUT2D eigenvalue weighted by Gasteiger charge is 2.16. The fourth-order valence-electron chi connectivity index (χ4n) is 2.35. The first kappa shape index (κ1) is 16.0. The third-order valence-corrected chi connectivity index (χ3v) is 3.54. The number of anilines is 1. The fourth-order valence-corrected chi connectivity index (χ4v) is 2.35. The van der Waals surface area contributed by atoms with E-state index in [9.17, 15) is 0 Å². The molecule has 0 saturated carbocycles. The van der Waals surface area contributed by atoms with Crippen LogP contribution in [0.5, 0.6) is 6.01 Å². The van der Waals surface area contributed by atoms with E-state index in [1.54, 1.807) is 5.01 Å². The molecule has 10 nitrogen and oxygen atoms in total. The lowest BCUT2D eigenvalue weighted by Gasteiger charge is -2.28. The minimum absolute atomic E-state index is 0.252. The van der Waals surface area contributed by atoms with Gasteiger partial charge in [0.15, 0.2) is 6.35 Å². The van der Waals surface area contributed by atoms with Crippen LogP contribution in [0.2, 0.25) is 0 Å². The second-order valence-corrected chi connectivity index (χ2v) is 5.23. The van der Waals surface area contributed by atoms with Gasteiger partial charge in [0.25, 0.3) is 0 Å². The highest BCUT2D eigenvalue weighted by molar-refractivity contribution is 5.46. The molecule has 0 bridgehead atoms. The number of rotatable bonds is 7. The van der Waals surface area contributed by atoms with Crippen molar-refractivity contribution in [2.24, 2.45) is 10.4 Å². The van der Waals surface area contributed by atoms with Crippen LogP contribution in [-0.2, 0) is 4.74 Å². The van der Waals surface area contributed by atoms with Gasteiger partial charge in [-0.25, -0.2) is 0 Å². The van der Waals surface area contributed by atoms with Crippen molar-refractivity contribution in [1.82, 2.24) is 20.2 Å². The molecule has 1 aliphatic heterocycles. The van der Waals surface area contributed by atoms with Gasteiger partial charge >= 0.3 is 6.01 Å². The molecular formula is C16H15N8O2-. The van der Waals surface area contributed by atoms with Crippen LogP contribution in [0.25, 0.3) is 11.1 Å². The summed E-state index contributed by atoms with van der Waals surface area (Å²) in [6.07, 6.45) is -0.619. The lowest BCUT2D eigenvalue weighted by Crippen LogP contribution is -2.29. The Bertz CT molecular complexity index is 855. The Morgan fingerprint density at radius 2 is 1.65 bits per heavy atom. The fraction of sp³-hybridized carbons (Fsp3) is 0.188. The SMILES string of the molecule is c1ccc(N2N=N[N-]C2OCCOc2nnnn2-c2ccccc2)cc1. The molecule has 0 amide bonds. The molecule has 1 aliphatic rings. The van der Waals surface area contributed by atoms with E-state index in [2.05, 4.69) is 31.4 Å².